The van der Waals surface area contributed by atoms with E-state index in [9.17, 15) is 13.2 Å². The second-order valence-electron chi connectivity index (χ2n) is 4.00. The summed E-state index contributed by atoms with van der Waals surface area (Å²) < 4.78 is 25.7. The number of hydrogen-bond acceptors (Lipinski definition) is 5. The number of pyridine rings is 1. The first-order valence-corrected chi connectivity index (χ1v) is 7.71. The molecule has 2 heterocycles. The molecular weight excluding hydrogens is 286 g/mol. The normalized spacial score (nSPS) is 11.9. The zero-order valence-corrected chi connectivity index (χ0v) is 12.1. The summed E-state index contributed by atoms with van der Waals surface area (Å²) in [7, 11) is -2.11. The molecule has 0 bridgehead atoms. The Morgan fingerprint density at radius 3 is 2.68 bits per heavy atom. The summed E-state index contributed by atoms with van der Waals surface area (Å²) >= 11 is 1.45. The SMILES string of the molecule is Cc1ncc(CN(C)S(=O)(=O)c2ccc(=O)[nH]c2)s1. The van der Waals surface area contributed by atoms with Crippen LogP contribution in [-0.4, -0.2) is 29.7 Å². The Hall–Kier alpha value is -1.51. The molecule has 0 aromatic carbocycles. The molecule has 1 N–H and O–H groups in total. The van der Waals surface area contributed by atoms with Crippen LogP contribution in [0.1, 0.15) is 9.88 Å². The molecule has 0 spiro atoms. The van der Waals surface area contributed by atoms with Crippen LogP contribution in [0.2, 0.25) is 0 Å². The van der Waals surface area contributed by atoms with Crippen molar-refractivity contribution in [3.63, 3.8) is 0 Å². The Kier molecular flexibility index (Phi) is 3.83. The molecule has 0 aliphatic carbocycles. The summed E-state index contributed by atoms with van der Waals surface area (Å²) in [5.41, 5.74) is -0.334. The molecule has 2 rings (SSSR count). The van der Waals surface area contributed by atoms with Crippen molar-refractivity contribution in [2.75, 3.05) is 7.05 Å². The van der Waals surface area contributed by atoms with Crippen LogP contribution in [0.3, 0.4) is 0 Å². The lowest BCUT2D eigenvalue weighted by molar-refractivity contribution is 0.469. The van der Waals surface area contributed by atoms with E-state index in [0.717, 1.165) is 9.88 Å². The van der Waals surface area contributed by atoms with Crippen LogP contribution in [0.25, 0.3) is 0 Å². The number of aromatic nitrogens is 2. The van der Waals surface area contributed by atoms with Crippen LogP contribution in [0.15, 0.2) is 34.2 Å². The first-order valence-electron chi connectivity index (χ1n) is 5.46. The van der Waals surface area contributed by atoms with Crippen molar-refractivity contribution in [1.82, 2.24) is 14.3 Å². The van der Waals surface area contributed by atoms with Gasteiger partial charge in [0.15, 0.2) is 0 Å². The lowest BCUT2D eigenvalue weighted by Crippen LogP contribution is -2.26. The number of aryl methyl sites for hydroxylation is 1. The second-order valence-corrected chi connectivity index (χ2v) is 7.36. The molecule has 0 atom stereocenters. The third-order valence-electron chi connectivity index (χ3n) is 2.51. The molecule has 0 saturated carbocycles. The van der Waals surface area contributed by atoms with Crippen LogP contribution in [-0.2, 0) is 16.6 Å². The molecule has 8 heteroatoms. The van der Waals surface area contributed by atoms with Crippen molar-refractivity contribution < 1.29 is 8.42 Å². The maximum absolute atomic E-state index is 12.2. The van der Waals surface area contributed by atoms with Crippen molar-refractivity contribution in [2.24, 2.45) is 0 Å². The van der Waals surface area contributed by atoms with E-state index < -0.39 is 10.0 Å². The minimum absolute atomic E-state index is 0.0656. The topological polar surface area (TPSA) is 83.1 Å². The summed E-state index contributed by atoms with van der Waals surface area (Å²) in [5, 5.41) is 0.893. The minimum atomic E-state index is -3.60. The van der Waals surface area contributed by atoms with E-state index in [-0.39, 0.29) is 17.0 Å². The van der Waals surface area contributed by atoms with Crippen LogP contribution in [0.4, 0.5) is 0 Å². The van der Waals surface area contributed by atoms with Crippen LogP contribution in [0.5, 0.6) is 0 Å². The van der Waals surface area contributed by atoms with Crippen LogP contribution in [0, 0.1) is 6.92 Å². The van der Waals surface area contributed by atoms with Gasteiger partial charge in [0.25, 0.3) is 0 Å². The number of H-pyrrole nitrogens is 1. The first-order chi connectivity index (χ1) is 8.89. The maximum atomic E-state index is 12.2. The zero-order chi connectivity index (χ0) is 14.0. The number of hydrogen-bond donors (Lipinski definition) is 1. The van der Waals surface area contributed by atoms with E-state index in [4.69, 9.17) is 0 Å². The Morgan fingerprint density at radius 1 is 1.42 bits per heavy atom. The molecular formula is C11H13N3O3S2. The van der Waals surface area contributed by atoms with Gasteiger partial charge in [-0.1, -0.05) is 0 Å². The summed E-state index contributed by atoms with van der Waals surface area (Å²) in [6.07, 6.45) is 2.87. The standard InChI is InChI=1S/C11H13N3O3S2/c1-8-12-5-9(18-8)7-14(2)19(16,17)10-3-4-11(15)13-6-10/h3-6H,7H2,1-2H3,(H,13,15). The highest BCUT2D eigenvalue weighted by Gasteiger charge is 2.21. The highest BCUT2D eigenvalue weighted by Crippen LogP contribution is 2.18. The maximum Gasteiger partial charge on any atom is 0.247 e. The van der Waals surface area contributed by atoms with Crippen molar-refractivity contribution >= 4 is 21.4 Å². The second kappa shape index (κ2) is 5.24. The van der Waals surface area contributed by atoms with Gasteiger partial charge in [-0.2, -0.15) is 4.31 Å². The summed E-state index contributed by atoms with van der Waals surface area (Å²) in [6, 6.07) is 2.49. The molecule has 19 heavy (non-hydrogen) atoms. The van der Waals surface area contributed by atoms with Gasteiger partial charge in [0.2, 0.25) is 15.6 Å². The van der Waals surface area contributed by atoms with Crippen molar-refractivity contribution in [3.8, 4) is 0 Å². The number of aromatic amines is 1. The van der Waals surface area contributed by atoms with E-state index >= 15 is 0 Å². The summed E-state index contributed by atoms with van der Waals surface area (Å²) in [4.78, 5) is 18.3. The van der Waals surface area contributed by atoms with Crippen molar-refractivity contribution in [1.29, 1.82) is 0 Å². The van der Waals surface area contributed by atoms with Gasteiger partial charge in [0, 0.05) is 36.9 Å². The number of sulfonamides is 1. The molecule has 0 aliphatic rings. The van der Waals surface area contributed by atoms with E-state index in [1.165, 1.54) is 41.0 Å². The average Bonchev–Trinajstić information content (AvgIpc) is 2.75. The number of thiazole rings is 1. The fourth-order valence-electron chi connectivity index (χ4n) is 1.52. The molecule has 2 aromatic rings. The molecule has 2 aromatic heterocycles. The molecule has 0 radical (unpaired) electrons. The monoisotopic (exact) mass is 299 g/mol. The van der Waals surface area contributed by atoms with Crippen molar-refractivity contribution in [3.05, 3.63) is 44.8 Å². The number of nitrogens with one attached hydrogen (secondary N) is 1. The average molecular weight is 299 g/mol. The Labute approximate surface area is 114 Å². The largest absolute Gasteiger partial charge is 0.328 e. The molecule has 0 amide bonds. The highest BCUT2D eigenvalue weighted by atomic mass is 32.2. The van der Waals surface area contributed by atoms with Gasteiger partial charge in [0.05, 0.1) is 9.90 Å². The van der Waals surface area contributed by atoms with Gasteiger partial charge in [-0.05, 0) is 13.0 Å². The predicted octanol–water partition coefficient (Wildman–Crippen LogP) is 0.961. The van der Waals surface area contributed by atoms with Gasteiger partial charge in [-0.15, -0.1) is 11.3 Å². The zero-order valence-electron chi connectivity index (χ0n) is 10.5. The smallest absolute Gasteiger partial charge is 0.247 e. The van der Waals surface area contributed by atoms with Gasteiger partial charge >= 0.3 is 0 Å². The quantitative estimate of drug-likeness (QED) is 0.911. The van der Waals surface area contributed by atoms with E-state index in [1.54, 1.807) is 6.20 Å². The molecule has 0 saturated heterocycles. The molecule has 0 aliphatic heterocycles. The van der Waals surface area contributed by atoms with Gasteiger partial charge < -0.3 is 4.98 Å². The molecule has 6 nitrogen and oxygen atoms in total. The van der Waals surface area contributed by atoms with Gasteiger partial charge in [0.1, 0.15) is 0 Å². The molecule has 102 valence electrons. The number of nitrogens with zero attached hydrogens (tertiary/aromatic N) is 2. The molecule has 0 fully saturated rings. The predicted molar refractivity (Wildman–Crippen MR) is 72.6 cm³/mol. The lowest BCUT2D eigenvalue weighted by atomic mass is 10.5. The van der Waals surface area contributed by atoms with Gasteiger partial charge in [-0.25, -0.2) is 13.4 Å². The Balaban J connectivity index is 2.24. The fourth-order valence-corrected chi connectivity index (χ4v) is 3.57. The van der Waals surface area contributed by atoms with E-state index in [2.05, 4.69) is 9.97 Å². The van der Waals surface area contributed by atoms with Crippen LogP contribution >= 0.6 is 11.3 Å². The third-order valence-corrected chi connectivity index (χ3v) is 5.21. The lowest BCUT2D eigenvalue weighted by Gasteiger charge is -2.15. The summed E-state index contributed by atoms with van der Waals surface area (Å²) in [6.45, 7) is 2.12. The summed E-state index contributed by atoms with van der Waals surface area (Å²) in [5.74, 6) is 0. The third kappa shape index (κ3) is 3.09. The Bertz CT molecular complexity index is 713. The number of rotatable bonds is 4. The highest BCUT2D eigenvalue weighted by molar-refractivity contribution is 7.89. The molecule has 0 unspecified atom stereocenters. The minimum Gasteiger partial charge on any atom is -0.328 e. The van der Waals surface area contributed by atoms with Gasteiger partial charge in [-0.3, -0.25) is 4.79 Å². The van der Waals surface area contributed by atoms with Crippen LogP contribution < -0.4 is 5.56 Å². The van der Waals surface area contributed by atoms with E-state index in [1.807, 2.05) is 6.92 Å². The van der Waals surface area contributed by atoms with Crippen molar-refractivity contribution in [2.45, 2.75) is 18.4 Å². The van der Waals surface area contributed by atoms with E-state index in [0.29, 0.717) is 0 Å². The Morgan fingerprint density at radius 2 is 2.16 bits per heavy atom. The first kappa shape index (κ1) is 13.9. The fraction of sp³-hybridized carbons (Fsp3) is 0.273.